The van der Waals surface area contributed by atoms with Crippen molar-refractivity contribution in [2.24, 2.45) is 7.05 Å². The number of H-pyrrole nitrogens is 1. The predicted octanol–water partition coefficient (Wildman–Crippen LogP) is 1.66. The molecule has 0 spiro atoms. The van der Waals surface area contributed by atoms with Gasteiger partial charge in [-0.25, -0.2) is 9.78 Å². The molecule has 0 aromatic carbocycles. The first-order valence-electron chi connectivity index (χ1n) is 6.25. The van der Waals surface area contributed by atoms with Crippen molar-refractivity contribution < 1.29 is 9.53 Å². The Labute approximate surface area is 119 Å². The number of aromatic nitrogens is 3. The second-order valence-electron chi connectivity index (χ2n) is 4.88. The van der Waals surface area contributed by atoms with E-state index < -0.39 is 11.5 Å². The number of nitrogens with one attached hydrogen (secondary N) is 1. The molecule has 1 saturated carbocycles. The van der Waals surface area contributed by atoms with Crippen LogP contribution in [-0.2, 0) is 11.8 Å². The van der Waals surface area contributed by atoms with Crippen molar-refractivity contribution >= 4 is 29.2 Å². The van der Waals surface area contributed by atoms with Crippen molar-refractivity contribution in [3.05, 3.63) is 32.4 Å². The minimum absolute atomic E-state index is 0.220. The van der Waals surface area contributed by atoms with Gasteiger partial charge in [0.2, 0.25) is 0 Å². The van der Waals surface area contributed by atoms with Crippen LogP contribution >= 0.6 is 12.2 Å². The van der Waals surface area contributed by atoms with E-state index in [1.807, 2.05) is 0 Å². The molecule has 6 nitrogen and oxygen atoms in total. The summed E-state index contributed by atoms with van der Waals surface area (Å²) in [4.78, 5) is 31.1. The number of aryl methyl sites for hydroxylation is 1. The molecule has 1 fully saturated rings. The van der Waals surface area contributed by atoms with Crippen LogP contribution in [0.25, 0.3) is 11.0 Å². The highest BCUT2D eigenvalue weighted by molar-refractivity contribution is 7.71. The third-order valence-corrected chi connectivity index (χ3v) is 3.87. The highest BCUT2D eigenvalue weighted by Crippen LogP contribution is 2.39. The summed E-state index contributed by atoms with van der Waals surface area (Å²) < 4.78 is 6.65. The molecular weight excluding hydrogens is 278 g/mol. The molecule has 7 heteroatoms. The molecule has 0 bridgehead atoms. The molecule has 2 aromatic rings. The van der Waals surface area contributed by atoms with Crippen molar-refractivity contribution in [2.75, 3.05) is 7.11 Å². The number of carbonyl (C=O) groups is 1. The van der Waals surface area contributed by atoms with Gasteiger partial charge in [-0.2, -0.15) is 0 Å². The molecule has 2 aromatic heterocycles. The van der Waals surface area contributed by atoms with Gasteiger partial charge >= 0.3 is 5.97 Å². The summed E-state index contributed by atoms with van der Waals surface area (Å²) in [5.74, 6) is -0.183. The van der Waals surface area contributed by atoms with E-state index in [4.69, 9.17) is 17.0 Å². The minimum atomic E-state index is -0.540. The fraction of sp³-hybridized carbons (Fsp3) is 0.385. The number of pyridine rings is 1. The van der Waals surface area contributed by atoms with E-state index in [9.17, 15) is 9.59 Å². The largest absolute Gasteiger partial charge is 0.465 e. The van der Waals surface area contributed by atoms with Crippen LogP contribution in [0.3, 0.4) is 0 Å². The Morgan fingerprint density at radius 1 is 1.55 bits per heavy atom. The van der Waals surface area contributed by atoms with Crippen molar-refractivity contribution in [1.29, 1.82) is 0 Å². The summed E-state index contributed by atoms with van der Waals surface area (Å²) in [6.07, 6.45) is 2.10. The van der Waals surface area contributed by atoms with Crippen LogP contribution in [-0.4, -0.2) is 27.6 Å². The number of rotatable bonds is 2. The van der Waals surface area contributed by atoms with Crippen molar-refractivity contribution in [2.45, 2.75) is 18.8 Å². The number of aromatic amines is 1. The molecule has 1 aliphatic rings. The SMILES string of the molecule is COC(=O)c1cc(C2CC2)nc2c1c(=O)[nH]c(=S)n2C. The third-order valence-electron chi connectivity index (χ3n) is 3.49. The molecule has 0 saturated heterocycles. The lowest BCUT2D eigenvalue weighted by Crippen LogP contribution is -2.18. The van der Waals surface area contributed by atoms with Gasteiger partial charge in [-0.1, -0.05) is 0 Å². The number of hydrogen-bond donors (Lipinski definition) is 1. The van der Waals surface area contributed by atoms with E-state index in [2.05, 4.69) is 9.97 Å². The first-order chi connectivity index (χ1) is 9.52. The molecule has 0 aliphatic heterocycles. The Bertz CT molecular complexity index is 833. The van der Waals surface area contributed by atoms with Crippen LogP contribution in [0, 0.1) is 4.77 Å². The Balaban J connectivity index is 2.46. The molecule has 0 atom stereocenters. The first-order valence-corrected chi connectivity index (χ1v) is 6.66. The van der Waals surface area contributed by atoms with E-state index >= 15 is 0 Å². The zero-order valence-corrected chi connectivity index (χ0v) is 11.9. The van der Waals surface area contributed by atoms with E-state index in [-0.39, 0.29) is 15.7 Å². The number of ether oxygens (including phenoxy) is 1. The zero-order chi connectivity index (χ0) is 14.4. The zero-order valence-electron chi connectivity index (χ0n) is 11.1. The second-order valence-corrected chi connectivity index (χ2v) is 5.26. The maximum atomic E-state index is 12.1. The maximum Gasteiger partial charge on any atom is 0.338 e. The molecule has 2 heterocycles. The number of fused-ring (bicyclic) bond motifs is 1. The molecule has 0 radical (unpaired) electrons. The summed E-state index contributed by atoms with van der Waals surface area (Å²) >= 11 is 5.08. The minimum Gasteiger partial charge on any atom is -0.465 e. The molecule has 0 unspecified atom stereocenters. The van der Waals surface area contributed by atoms with E-state index in [0.717, 1.165) is 18.5 Å². The van der Waals surface area contributed by atoms with Gasteiger partial charge in [0.05, 0.1) is 18.1 Å². The lowest BCUT2D eigenvalue weighted by atomic mass is 10.1. The number of carbonyl (C=O) groups excluding carboxylic acids is 1. The molecule has 0 amide bonds. The van der Waals surface area contributed by atoms with Gasteiger partial charge < -0.3 is 9.30 Å². The fourth-order valence-electron chi connectivity index (χ4n) is 2.22. The van der Waals surface area contributed by atoms with Gasteiger partial charge in [0.15, 0.2) is 4.77 Å². The van der Waals surface area contributed by atoms with Gasteiger partial charge in [0.25, 0.3) is 5.56 Å². The summed E-state index contributed by atoms with van der Waals surface area (Å²) in [7, 11) is 3.01. The molecule has 20 heavy (non-hydrogen) atoms. The fourth-order valence-corrected chi connectivity index (χ4v) is 2.40. The van der Waals surface area contributed by atoms with Gasteiger partial charge in [0, 0.05) is 18.7 Å². The second kappa shape index (κ2) is 4.52. The van der Waals surface area contributed by atoms with Gasteiger partial charge in [-0.05, 0) is 31.1 Å². The monoisotopic (exact) mass is 291 g/mol. The highest BCUT2D eigenvalue weighted by atomic mass is 32.1. The van der Waals surface area contributed by atoms with Crippen molar-refractivity contribution in [1.82, 2.24) is 14.5 Å². The van der Waals surface area contributed by atoms with Crippen LogP contribution in [0.15, 0.2) is 10.9 Å². The lowest BCUT2D eigenvalue weighted by Gasteiger charge is -2.10. The highest BCUT2D eigenvalue weighted by Gasteiger charge is 2.28. The Kier molecular flexibility index (Phi) is 2.93. The smallest absolute Gasteiger partial charge is 0.338 e. The maximum absolute atomic E-state index is 12.1. The molecular formula is C13H13N3O3S. The van der Waals surface area contributed by atoms with Crippen LogP contribution in [0.1, 0.15) is 34.8 Å². The quantitative estimate of drug-likeness (QED) is 0.672. The Hall–Kier alpha value is -2.02. The van der Waals surface area contributed by atoms with Gasteiger partial charge in [-0.3, -0.25) is 9.78 Å². The van der Waals surface area contributed by atoms with Crippen molar-refractivity contribution in [3.63, 3.8) is 0 Å². The first kappa shape index (κ1) is 13.0. The summed E-state index contributed by atoms with van der Waals surface area (Å²) in [5.41, 5.74) is 1.06. The van der Waals surface area contributed by atoms with Crippen LogP contribution < -0.4 is 5.56 Å². The Morgan fingerprint density at radius 3 is 2.85 bits per heavy atom. The molecule has 1 aliphatic carbocycles. The number of hydrogen-bond acceptors (Lipinski definition) is 5. The third kappa shape index (κ3) is 1.94. The predicted molar refractivity (Wildman–Crippen MR) is 75.5 cm³/mol. The normalized spacial score (nSPS) is 14.5. The van der Waals surface area contributed by atoms with Crippen molar-refractivity contribution in [3.8, 4) is 0 Å². The summed E-state index contributed by atoms with van der Waals surface area (Å²) in [6, 6.07) is 1.66. The Morgan fingerprint density at radius 2 is 2.25 bits per heavy atom. The van der Waals surface area contributed by atoms with E-state index in [1.54, 1.807) is 17.7 Å². The summed E-state index contributed by atoms with van der Waals surface area (Å²) in [5, 5.41) is 0.220. The average Bonchev–Trinajstić information content (AvgIpc) is 3.27. The lowest BCUT2D eigenvalue weighted by molar-refractivity contribution is 0.0602. The molecule has 1 N–H and O–H groups in total. The number of methoxy groups -OCH3 is 1. The molecule has 104 valence electrons. The van der Waals surface area contributed by atoms with Gasteiger partial charge in [-0.15, -0.1) is 0 Å². The van der Waals surface area contributed by atoms with E-state index in [1.165, 1.54) is 7.11 Å². The topological polar surface area (TPSA) is 77.0 Å². The van der Waals surface area contributed by atoms with Crippen LogP contribution in [0.2, 0.25) is 0 Å². The number of nitrogens with zero attached hydrogens (tertiary/aromatic N) is 2. The van der Waals surface area contributed by atoms with Gasteiger partial charge in [0.1, 0.15) is 5.65 Å². The average molecular weight is 291 g/mol. The standard InChI is InChI=1S/C13H13N3O3S/c1-16-10-9(11(17)15-13(16)20)7(12(18)19-2)5-8(14-10)6-3-4-6/h5-6H,3-4H2,1-2H3,(H,15,17,20). The molecule has 3 rings (SSSR count). The van der Waals surface area contributed by atoms with Crippen LogP contribution in [0.4, 0.5) is 0 Å². The summed E-state index contributed by atoms with van der Waals surface area (Å²) in [6.45, 7) is 0. The number of esters is 1. The van der Waals surface area contributed by atoms with Crippen LogP contribution in [0.5, 0.6) is 0 Å². The van der Waals surface area contributed by atoms with E-state index in [0.29, 0.717) is 11.6 Å².